The molecule has 3 rings (SSSR count). The average molecular weight is 306 g/mol. The van der Waals surface area contributed by atoms with E-state index in [2.05, 4.69) is 10.3 Å². The number of hydrogen-bond donors (Lipinski definition) is 0. The summed E-state index contributed by atoms with van der Waals surface area (Å²) in [5.74, 6) is -2.52. The molecule has 1 aromatic heterocycles. The summed E-state index contributed by atoms with van der Waals surface area (Å²) in [7, 11) is 1.72. The highest BCUT2D eigenvalue weighted by Crippen LogP contribution is 2.30. The summed E-state index contributed by atoms with van der Waals surface area (Å²) in [6, 6.07) is 6.30. The highest BCUT2D eigenvalue weighted by atomic mass is 19.1. The van der Waals surface area contributed by atoms with Crippen LogP contribution in [0.5, 0.6) is 11.5 Å². The van der Waals surface area contributed by atoms with Crippen molar-refractivity contribution in [2.45, 2.75) is 0 Å². The number of nitro groups is 1. The Morgan fingerprint density at radius 3 is 2.50 bits per heavy atom. The van der Waals surface area contributed by atoms with E-state index >= 15 is 0 Å². The molecule has 0 saturated heterocycles. The molecule has 9 heteroatoms. The number of nitrogens with zero attached hydrogens (tertiary/aromatic N) is 4. The Morgan fingerprint density at radius 2 is 1.86 bits per heavy atom. The Labute approximate surface area is 121 Å². The lowest BCUT2D eigenvalue weighted by Gasteiger charge is -2.06. The normalized spacial score (nSPS) is 10.9. The molecule has 3 aromatic rings. The Morgan fingerprint density at radius 1 is 1.18 bits per heavy atom. The zero-order valence-corrected chi connectivity index (χ0v) is 11.2. The van der Waals surface area contributed by atoms with E-state index in [4.69, 9.17) is 4.74 Å². The molecule has 112 valence electrons. The first kappa shape index (κ1) is 13.9. The van der Waals surface area contributed by atoms with Gasteiger partial charge in [-0.15, -0.1) is 5.10 Å². The topological polar surface area (TPSA) is 83.1 Å². The van der Waals surface area contributed by atoms with Crippen LogP contribution >= 0.6 is 0 Å². The minimum atomic E-state index is -1.31. The van der Waals surface area contributed by atoms with Gasteiger partial charge in [-0.05, 0) is 12.1 Å². The Hall–Kier alpha value is -3.10. The second-order valence-electron chi connectivity index (χ2n) is 4.46. The van der Waals surface area contributed by atoms with Crippen LogP contribution < -0.4 is 4.74 Å². The van der Waals surface area contributed by atoms with Crippen LogP contribution in [-0.4, -0.2) is 19.9 Å². The fourth-order valence-corrected chi connectivity index (χ4v) is 2.00. The van der Waals surface area contributed by atoms with Crippen LogP contribution in [0.2, 0.25) is 0 Å². The van der Waals surface area contributed by atoms with Gasteiger partial charge in [-0.3, -0.25) is 10.1 Å². The summed E-state index contributed by atoms with van der Waals surface area (Å²) in [4.78, 5) is 9.40. The molecule has 0 unspecified atom stereocenters. The molecule has 7 nitrogen and oxygen atoms in total. The van der Waals surface area contributed by atoms with Crippen molar-refractivity contribution in [2.24, 2.45) is 7.05 Å². The number of ether oxygens (including phenoxy) is 1. The molecule has 1 heterocycles. The summed E-state index contributed by atoms with van der Waals surface area (Å²) in [5.41, 5.74) is 0.0907. The zero-order chi connectivity index (χ0) is 15.9. The van der Waals surface area contributed by atoms with Crippen LogP contribution in [0, 0.1) is 21.7 Å². The SMILES string of the molecule is Cn1nnc2cc(Oc3cc(F)c([N+](=O)[O-])c(F)c3)ccc21. The molecular formula is C13H8F2N4O3. The lowest BCUT2D eigenvalue weighted by molar-refractivity contribution is -0.390. The third kappa shape index (κ3) is 2.32. The van der Waals surface area contributed by atoms with Crippen LogP contribution in [0.25, 0.3) is 11.0 Å². The van der Waals surface area contributed by atoms with Crippen molar-refractivity contribution in [3.05, 3.63) is 52.1 Å². The molecule has 0 atom stereocenters. The highest BCUT2D eigenvalue weighted by molar-refractivity contribution is 5.76. The molecule has 2 aromatic carbocycles. The van der Waals surface area contributed by atoms with Gasteiger partial charge in [0.1, 0.15) is 17.0 Å². The lowest BCUT2D eigenvalue weighted by atomic mass is 10.2. The number of aromatic nitrogens is 3. The molecule has 0 fully saturated rings. The smallest absolute Gasteiger partial charge is 0.340 e. The van der Waals surface area contributed by atoms with Gasteiger partial charge in [0.05, 0.1) is 10.4 Å². The summed E-state index contributed by atoms with van der Waals surface area (Å²) in [6.45, 7) is 0. The van der Waals surface area contributed by atoms with Gasteiger partial charge in [0, 0.05) is 25.2 Å². The molecule has 0 radical (unpaired) electrons. The minimum absolute atomic E-state index is 0.191. The lowest BCUT2D eigenvalue weighted by Crippen LogP contribution is -1.97. The molecule has 0 amide bonds. The molecule has 0 aliphatic carbocycles. The fraction of sp³-hybridized carbons (Fsp3) is 0.0769. The molecule has 0 N–H and O–H groups in total. The summed E-state index contributed by atoms with van der Waals surface area (Å²) < 4.78 is 33.9. The number of benzene rings is 2. The number of aryl methyl sites for hydroxylation is 1. The summed E-state index contributed by atoms with van der Waals surface area (Å²) in [5, 5.41) is 18.2. The molecule has 0 spiro atoms. The predicted molar refractivity (Wildman–Crippen MR) is 71.6 cm³/mol. The van der Waals surface area contributed by atoms with Crippen molar-refractivity contribution in [3.8, 4) is 11.5 Å². The van der Waals surface area contributed by atoms with Gasteiger partial charge in [-0.2, -0.15) is 8.78 Å². The first-order valence-electron chi connectivity index (χ1n) is 6.06. The van der Waals surface area contributed by atoms with Gasteiger partial charge < -0.3 is 4.74 Å². The number of nitro benzene ring substituents is 1. The van der Waals surface area contributed by atoms with Crippen molar-refractivity contribution >= 4 is 16.7 Å². The second-order valence-corrected chi connectivity index (χ2v) is 4.46. The van der Waals surface area contributed by atoms with Gasteiger partial charge in [0.15, 0.2) is 0 Å². The number of hydrogen-bond acceptors (Lipinski definition) is 5. The van der Waals surface area contributed by atoms with Gasteiger partial charge >= 0.3 is 5.69 Å². The van der Waals surface area contributed by atoms with E-state index in [1.807, 2.05) is 0 Å². The molecular weight excluding hydrogens is 298 g/mol. The van der Waals surface area contributed by atoms with Crippen LogP contribution in [0.1, 0.15) is 0 Å². The first-order chi connectivity index (χ1) is 10.5. The molecule has 22 heavy (non-hydrogen) atoms. The van der Waals surface area contributed by atoms with E-state index in [1.54, 1.807) is 29.9 Å². The van der Waals surface area contributed by atoms with E-state index in [9.17, 15) is 18.9 Å². The quantitative estimate of drug-likeness (QED) is 0.549. The highest BCUT2D eigenvalue weighted by Gasteiger charge is 2.22. The monoisotopic (exact) mass is 306 g/mol. The minimum Gasteiger partial charge on any atom is -0.457 e. The maximum absolute atomic E-state index is 13.5. The third-order valence-electron chi connectivity index (χ3n) is 2.99. The average Bonchev–Trinajstić information content (AvgIpc) is 2.78. The molecule has 0 saturated carbocycles. The fourth-order valence-electron chi connectivity index (χ4n) is 2.00. The second kappa shape index (κ2) is 5.02. The van der Waals surface area contributed by atoms with Crippen molar-refractivity contribution in [3.63, 3.8) is 0 Å². The van der Waals surface area contributed by atoms with Crippen LogP contribution in [-0.2, 0) is 7.05 Å². The van der Waals surface area contributed by atoms with Crippen LogP contribution in [0.3, 0.4) is 0 Å². The standard InChI is InChI=1S/C13H8F2N4O3/c1-18-12-3-2-7(6-11(12)16-17-18)22-8-4-9(14)13(19(20)21)10(15)5-8/h2-6H,1H3. The maximum atomic E-state index is 13.5. The Bertz CT molecular complexity index is 871. The summed E-state index contributed by atoms with van der Waals surface area (Å²) >= 11 is 0. The zero-order valence-electron chi connectivity index (χ0n) is 11.2. The number of rotatable bonds is 3. The number of fused-ring (bicyclic) bond motifs is 1. The Kier molecular flexibility index (Phi) is 3.17. The van der Waals surface area contributed by atoms with Crippen molar-refractivity contribution in [1.29, 1.82) is 0 Å². The summed E-state index contributed by atoms with van der Waals surface area (Å²) in [6.07, 6.45) is 0. The van der Waals surface area contributed by atoms with Gasteiger partial charge in [-0.1, -0.05) is 5.21 Å². The van der Waals surface area contributed by atoms with E-state index < -0.39 is 22.2 Å². The van der Waals surface area contributed by atoms with Gasteiger partial charge in [0.2, 0.25) is 11.6 Å². The molecule has 0 aliphatic heterocycles. The third-order valence-corrected chi connectivity index (χ3v) is 2.99. The molecule has 0 bridgehead atoms. The first-order valence-corrected chi connectivity index (χ1v) is 6.06. The van der Waals surface area contributed by atoms with Crippen molar-refractivity contribution < 1.29 is 18.4 Å². The molecule has 0 aliphatic rings. The van der Waals surface area contributed by atoms with E-state index in [0.29, 0.717) is 5.52 Å². The Balaban J connectivity index is 1.96. The van der Waals surface area contributed by atoms with Crippen molar-refractivity contribution in [2.75, 3.05) is 0 Å². The number of halogens is 2. The largest absolute Gasteiger partial charge is 0.457 e. The van der Waals surface area contributed by atoms with Crippen LogP contribution in [0.15, 0.2) is 30.3 Å². The van der Waals surface area contributed by atoms with E-state index in [-0.39, 0.29) is 11.5 Å². The maximum Gasteiger partial charge on any atom is 0.340 e. The van der Waals surface area contributed by atoms with Gasteiger partial charge in [0.25, 0.3) is 0 Å². The van der Waals surface area contributed by atoms with E-state index in [0.717, 1.165) is 17.6 Å². The van der Waals surface area contributed by atoms with Crippen LogP contribution in [0.4, 0.5) is 14.5 Å². The van der Waals surface area contributed by atoms with Crippen molar-refractivity contribution in [1.82, 2.24) is 15.0 Å². The van der Waals surface area contributed by atoms with E-state index in [1.165, 1.54) is 0 Å². The van der Waals surface area contributed by atoms with Gasteiger partial charge in [-0.25, -0.2) is 4.68 Å². The predicted octanol–water partition coefficient (Wildman–Crippen LogP) is 2.95.